The molecule has 0 radical (unpaired) electrons. The molecule has 1 aromatic carbocycles. The molecule has 16 heavy (non-hydrogen) atoms. The maximum absolute atomic E-state index is 8.92. The minimum absolute atomic E-state index is 0.555. The first-order chi connectivity index (χ1) is 7.77. The number of rotatable bonds is 5. The van der Waals surface area contributed by atoms with Crippen molar-refractivity contribution in [2.75, 3.05) is 0 Å². The lowest BCUT2D eigenvalue weighted by molar-refractivity contribution is 0.317. The molecule has 84 valence electrons. The van der Waals surface area contributed by atoms with E-state index < -0.39 is 0 Å². The SMILES string of the molecule is N#CCCCCC(=NO)c1ccc(Br)cc1. The van der Waals surface area contributed by atoms with E-state index in [4.69, 9.17) is 10.5 Å². The minimum atomic E-state index is 0.555. The number of benzene rings is 1. The highest BCUT2D eigenvalue weighted by Gasteiger charge is 2.03. The van der Waals surface area contributed by atoms with Gasteiger partial charge in [0.1, 0.15) is 0 Å². The zero-order valence-electron chi connectivity index (χ0n) is 8.86. The van der Waals surface area contributed by atoms with E-state index in [1.807, 2.05) is 24.3 Å². The van der Waals surface area contributed by atoms with Gasteiger partial charge in [0.05, 0.1) is 11.8 Å². The standard InChI is InChI=1S/C12H13BrN2O/c13-11-7-5-10(6-8-11)12(15-16)4-2-1-3-9-14/h5-8,16H,1-4H2. The van der Waals surface area contributed by atoms with Gasteiger partial charge in [-0.2, -0.15) is 5.26 Å². The van der Waals surface area contributed by atoms with Gasteiger partial charge in [0, 0.05) is 10.9 Å². The van der Waals surface area contributed by atoms with Crippen molar-refractivity contribution < 1.29 is 5.21 Å². The van der Waals surface area contributed by atoms with Crippen molar-refractivity contribution in [1.82, 2.24) is 0 Å². The second kappa shape index (κ2) is 7.02. The van der Waals surface area contributed by atoms with Gasteiger partial charge in [-0.3, -0.25) is 0 Å². The van der Waals surface area contributed by atoms with Crippen molar-refractivity contribution >= 4 is 21.6 Å². The lowest BCUT2D eigenvalue weighted by Crippen LogP contribution is -2.00. The van der Waals surface area contributed by atoms with Crippen molar-refractivity contribution in [3.63, 3.8) is 0 Å². The van der Waals surface area contributed by atoms with E-state index in [-0.39, 0.29) is 0 Å². The van der Waals surface area contributed by atoms with Crippen LogP contribution in [0.5, 0.6) is 0 Å². The largest absolute Gasteiger partial charge is 0.411 e. The average molecular weight is 281 g/mol. The molecule has 0 saturated carbocycles. The van der Waals surface area contributed by atoms with Gasteiger partial charge < -0.3 is 5.21 Å². The van der Waals surface area contributed by atoms with Crippen LogP contribution in [0, 0.1) is 11.3 Å². The van der Waals surface area contributed by atoms with Crippen LogP contribution in [-0.4, -0.2) is 10.9 Å². The summed E-state index contributed by atoms with van der Waals surface area (Å²) in [6, 6.07) is 9.74. The summed E-state index contributed by atoms with van der Waals surface area (Å²) in [7, 11) is 0. The molecule has 1 aromatic rings. The Morgan fingerprint density at radius 3 is 2.56 bits per heavy atom. The first-order valence-corrected chi connectivity index (χ1v) is 5.91. The molecular formula is C12H13BrN2O. The molecule has 0 bridgehead atoms. The highest BCUT2D eigenvalue weighted by Crippen LogP contribution is 2.14. The summed E-state index contributed by atoms with van der Waals surface area (Å²) in [4.78, 5) is 0. The third-order valence-electron chi connectivity index (χ3n) is 2.25. The maximum atomic E-state index is 8.92. The van der Waals surface area contributed by atoms with Crippen LogP contribution in [0.4, 0.5) is 0 Å². The van der Waals surface area contributed by atoms with E-state index in [0.29, 0.717) is 18.6 Å². The molecule has 1 rings (SSSR count). The van der Waals surface area contributed by atoms with Gasteiger partial charge >= 0.3 is 0 Å². The number of hydrogen-bond donors (Lipinski definition) is 1. The molecular weight excluding hydrogens is 268 g/mol. The first-order valence-electron chi connectivity index (χ1n) is 5.11. The van der Waals surface area contributed by atoms with Gasteiger partial charge in [0.15, 0.2) is 0 Å². The maximum Gasteiger partial charge on any atom is 0.0867 e. The van der Waals surface area contributed by atoms with Crippen molar-refractivity contribution in [2.24, 2.45) is 5.16 Å². The normalized spacial score (nSPS) is 11.1. The summed E-state index contributed by atoms with van der Waals surface area (Å²) in [6.07, 6.45) is 2.95. The van der Waals surface area contributed by atoms with Crippen LogP contribution in [0.1, 0.15) is 31.2 Å². The molecule has 0 amide bonds. The number of nitriles is 1. The fourth-order valence-electron chi connectivity index (χ4n) is 1.39. The number of unbranched alkanes of at least 4 members (excludes halogenated alkanes) is 2. The average Bonchev–Trinajstić information content (AvgIpc) is 2.31. The van der Waals surface area contributed by atoms with Crippen LogP contribution in [0.2, 0.25) is 0 Å². The zero-order chi connectivity index (χ0) is 11.8. The highest BCUT2D eigenvalue weighted by atomic mass is 79.9. The van der Waals surface area contributed by atoms with Crippen LogP contribution in [0.25, 0.3) is 0 Å². The molecule has 1 N–H and O–H groups in total. The van der Waals surface area contributed by atoms with Crippen molar-refractivity contribution in [3.05, 3.63) is 34.3 Å². The predicted molar refractivity (Wildman–Crippen MR) is 66.5 cm³/mol. The molecule has 0 heterocycles. The van der Waals surface area contributed by atoms with Crippen LogP contribution >= 0.6 is 15.9 Å². The zero-order valence-corrected chi connectivity index (χ0v) is 10.4. The van der Waals surface area contributed by atoms with Crippen LogP contribution < -0.4 is 0 Å². The smallest absolute Gasteiger partial charge is 0.0867 e. The molecule has 0 unspecified atom stereocenters. The Morgan fingerprint density at radius 1 is 1.31 bits per heavy atom. The fraction of sp³-hybridized carbons (Fsp3) is 0.333. The van der Waals surface area contributed by atoms with E-state index in [9.17, 15) is 0 Å². The van der Waals surface area contributed by atoms with Gasteiger partial charge in [-0.05, 0) is 37.0 Å². The summed E-state index contributed by atoms with van der Waals surface area (Å²) in [6.45, 7) is 0. The van der Waals surface area contributed by atoms with Gasteiger partial charge in [0.2, 0.25) is 0 Å². The van der Waals surface area contributed by atoms with Gasteiger partial charge in [-0.1, -0.05) is 33.2 Å². The molecule has 0 aliphatic heterocycles. The number of nitrogens with zero attached hydrogens (tertiary/aromatic N) is 2. The van der Waals surface area contributed by atoms with E-state index in [1.165, 1.54) is 0 Å². The third kappa shape index (κ3) is 4.03. The third-order valence-corrected chi connectivity index (χ3v) is 2.78. The summed E-state index contributed by atoms with van der Waals surface area (Å²) >= 11 is 3.35. The van der Waals surface area contributed by atoms with Gasteiger partial charge in [0.25, 0.3) is 0 Å². The monoisotopic (exact) mass is 280 g/mol. The Labute approximate surface area is 104 Å². The lowest BCUT2D eigenvalue weighted by atomic mass is 10.0. The van der Waals surface area contributed by atoms with E-state index in [2.05, 4.69) is 27.2 Å². The molecule has 0 aliphatic carbocycles. The number of oxime groups is 1. The molecule has 0 spiro atoms. The summed E-state index contributed by atoms with van der Waals surface area (Å²) in [5.74, 6) is 0. The second-order valence-electron chi connectivity index (χ2n) is 3.42. The summed E-state index contributed by atoms with van der Waals surface area (Å²) < 4.78 is 0.998. The summed E-state index contributed by atoms with van der Waals surface area (Å²) in [5, 5.41) is 20.6. The van der Waals surface area contributed by atoms with E-state index >= 15 is 0 Å². The Kier molecular flexibility index (Phi) is 5.58. The Bertz CT molecular complexity index is 392. The van der Waals surface area contributed by atoms with Crippen LogP contribution in [0.3, 0.4) is 0 Å². The first kappa shape index (κ1) is 12.7. The molecule has 0 aliphatic rings. The molecule has 0 saturated heterocycles. The highest BCUT2D eigenvalue weighted by molar-refractivity contribution is 9.10. The van der Waals surface area contributed by atoms with Crippen LogP contribution in [0.15, 0.2) is 33.9 Å². The van der Waals surface area contributed by atoms with Crippen LogP contribution in [-0.2, 0) is 0 Å². The molecule has 4 heteroatoms. The molecule has 0 aromatic heterocycles. The number of halogens is 1. The van der Waals surface area contributed by atoms with E-state index in [1.54, 1.807) is 0 Å². The number of hydrogen-bond acceptors (Lipinski definition) is 3. The predicted octanol–water partition coefficient (Wildman–Crippen LogP) is 3.71. The molecule has 0 fully saturated rings. The van der Waals surface area contributed by atoms with Gasteiger partial charge in [-0.25, -0.2) is 0 Å². The quantitative estimate of drug-likeness (QED) is 0.387. The molecule has 0 atom stereocenters. The fourth-order valence-corrected chi connectivity index (χ4v) is 1.66. The molecule has 3 nitrogen and oxygen atoms in total. The Hall–Kier alpha value is -1.34. The van der Waals surface area contributed by atoms with Crippen molar-refractivity contribution in [2.45, 2.75) is 25.7 Å². The lowest BCUT2D eigenvalue weighted by Gasteiger charge is -2.03. The van der Waals surface area contributed by atoms with Crippen molar-refractivity contribution in [3.8, 4) is 6.07 Å². The van der Waals surface area contributed by atoms with Gasteiger partial charge in [-0.15, -0.1) is 0 Å². The summed E-state index contributed by atoms with van der Waals surface area (Å²) in [5.41, 5.74) is 1.59. The second-order valence-corrected chi connectivity index (χ2v) is 4.33. The Balaban J connectivity index is 2.55. The Morgan fingerprint density at radius 2 is 2.00 bits per heavy atom. The minimum Gasteiger partial charge on any atom is -0.411 e. The van der Waals surface area contributed by atoms with E-state index in [0.717, 1.165) is 22.9 Å². The topological polar surface area (TPSA) is 56.4 Å². The van der Waals surface area contributed by atoms with Crippen molar-refractivity contribution in [1.29, 1.82) is 5.26 Å².